The summed E-state index contributed by atoms with van der Waals surface area (Å²) in [5.74, 6) is 0. The minimum Gasteiger partial charge on any atom is 0 e. The summed E-state index contributed by atoms with van der Waals surface area (Å²) < 4.78 is 46.2. The van der Waals surface area contributed by atoms with Crippen LogP contribution in [-0.2, 0) is 7.67 Å². The Morgan fingerprint density at radius 1 is 0.778 bits per heavy atom. The molecule has 56 valence electrons. The van der Waals surface area contributed by atoms with Crippen molar-refractivity contribution < 1.29 is 24.4 Å². The van der Waals surface area contributed by atoms with Crippen LogP contribution in [0.15, 0.2) is 0 Å². The summed E-state index contributed by atoms with van der Waals surface area (Å²) in [6.07, 6.45) is 0. The third-order valence-electron chi connectivity index (χ3n) is 0. The Bertz CT molecular complexity index is 69.1. The van der Waals surface area contributed by atoms with Gasteiger partial charge in [0.05, 0.1) is 0 Å². The fourth-order valence-corrected chi connectivity index (χ4v) is 0. The molecule has 0 saturated heterocycles. The van der Waals surface area contributed by atoms with Crippen molar-refractivity contribution >= 4 is 56.3 Å². The molecule has 9 heavy (non-hydrogen) atoms. The topological polar surface area (TPSA) is 115 Å². The standard InChI is InChI=1S/2H2O3Se.Pb/c2*1-4(2)3;/h2*(H2,1,2,3);. The first kappa shape index (κ1) is 16.8. The Labute approximate surface area is 80.1 Å². The minimum atomic E-state index is -3.29. The van der Waals surface area contributed by atoms with Crippen molar-refractivity contribution in [3.63, 3.8) is 0 Å². The molecular formula is H4O6PbSe2. The van der Waals surface area contributed by atoms with Crippen LogP contribution >= 0.6 is 0 Å². The van der Waals surface area contributed by atoms with Crippen LogP contribution in [0.4, 0.5) is 0 Å². The Morgan fingerprint density at radius 3 is 0.778 bits per heavy atom. The van der Waals surface area contributed by atoms with E-state index in [1.54, 1.807) is 0 Å². The van der Waals surface area contributed by atoms with Gasteiger partial charge in [-0.05, 0) is 0 Å². The quantitative estimate of drug-likeness (QED) is 0.275. The van der Waals surface area contributed by atoms with E-state index in [9.17, 15) is 0 Å². The first-order chi connectivity index (χ1) is 3.46. The Morgan fingerprint density at radius 2 is 0.778 bits per heavy atom. The Hall–Kier alpha value is 1.40. The number of rotatable bonds is 0. The maximum Gasteiger partial charge on any atom is 0 e. The zero-order valence-corrected chi connectivity index (χ0v) is 11.2. The monoisotopic (exact) mass is 468 g/mol. The molecule has 0 saturated carbocycles. The van der Waals surface area contributed by atoms with Crippen molar-refractivity contribution in [1.82, 2.24) is 0 Å². The smallest absolute Gasteiger partial charge is 0 e. The largest absolute Gasteiger partial charge is 0 e. The fraction of sp³-hybridized carbons (Fsp3) is 0. The first-order valence-electron chi connectivity index (χ1n) is 1.06. The van der Waals surface area contributed by atoms with Crippen LogP contribution < -0.4 is 0 Å². The molecule has 9 heteroatoms. The van der Waals surface area contributed by atoms with Gasteiger partial charge in [-0.3, -0.25) is 0 Å². The van der Waals surface area contributed by atoms with E-state index in [1.807, 2.05) is 0 Å². The molecule has 0 aliphatic heterocycles. The average Bonchev–Trinajstić information content (AvgIpc) is 1.25. The number of hydrogen-bond acceptors (Lipinski definition) is 2. The average molecular weight is 465 g/mol. The van der Waals surface area contributed by atoms with E-state index in [4.69, 9.17) is 24.4 Å². The van der Waals surface area contributed by atoms with Gasteiger partial charge in [0.15, 0.2) is 0 Å². The Balaban J connectivity index is -0.0000000720. The predicted octanol–water partition coefficient (Wildman–Crippen LogP) is -3.61. The van der Waals surface area contributed by atoms with Crippen LogP contribution in [0, 0.1) is 0 Å². The first-order valence-corrected chi connectivity index (χ1v) is 5.53. The van der Waals surface area contributed by atoms with Gasteiger partial charge in [0.25, 0.3) is 0 Å². The summed E-state index contributed by atoms with van der Waals surface area (Å²) in [6.45, 7) is 0. The van der Waals surface area contributed by atoms with Gasteiger partial charge in [-0.15, -0.1) is 0 Å². The molecule has 0 aromatic heterocycles. The molecule has 0 heterocycles. The maximum absolute atomic E-state index is 8.76. The van der Waals surface area contributed by atoms with E-state index in [2.05, 4.69) is 0 Å². The molecule has 0 rings (SSSR count). The molecule has 4 radical (unpaired) electrons. The van der Waals surface area contributed by atoms with Gasteiger partial charge in [0.1, 0.15) is 0 Å². The second kappa shape index (κ2) is 12.1. The van der Waals surface area contributed by atoms with Gasteiger partial charge in [-0.2, -0.15) is 0 Å². The third-order valence-corrected chi connectivity index (χ3v) is 0. The van der Waals surface area contributed by atoms with Crippen molar-refractivity contribution in [2.45, 2.75) is 0 Å². The summed E-state index contributed by atoms with van der Waals surface area (Å²) in [5.41, 5.74) is 0. The van der Waals surface area contributed by atoms with Crippen LogP contribution in [0.3, 0.4) is 0 Å². The molecule has 0 aliphatic carbocycles. The fourth-order valence-electron chi connectivity index (χ4n) is 0. The molecule has 0 amide bonds. The summed E-state index contributed by atoms with van der Waals surface area (Å²) in [7, 11) is 0. The van der Waals surface area contributed by atoms with Crippen molar-refractivity contribution in [3.8, 4) is 0 Å². The van der Waals surface area contributed by atoms with Crippen LogP contribution in [0.2, 0.25) is 0 Å². The zero-order chi connectivity index (χ0) is 7.15. The summed E-state index contributed by atoms with van der Waals surface area (Å²) in [4.78, 5) is 0. The van der Waals surface area contributed by atoms with Crippen LogP contribution in [0.5, 0.6) is 0 Å². The van der Waals surface area contributed by atoms with E-state index < -0.39 is 29.0 Å². The van der Waals surface area contributed by atoms with E-state index >= 15 is 0 Å². The van der Waals surface area contributed by atoms with E-state index in [1.165, 1.54) is 0 Å². The normalized spacial score (nSPS) is 7.78. The molecule has 0 atom stereocenters. The van der Waals surface area contributed by atoms with Gasteiger partial charge in [-0.1, -0.05) is 0 Å². The second-order valence-electron chi connectivity index (χ2n) is 0.461. The molecule has 0 aromatic carbocycles. The third kappa shape index (κ3) is 262. The summed E-state index contributed by atoms with van der Waals surface area (Å²) in [5, 5.41) is 0. The second-order valence-corrected chi connectivity index (χ2v) is 2.40. The van der Waals surface area contributed by atoms with Crippen LogP contribution in [-0.4, -0.2) is 73.0 Å². The molecule has 0 aromatic rings. The van der Waals surface area contributed by atoms with Crippen molar-refractivity contribution in [1.29, 1.82) is 0 Å². The van der Waals surface area contributed by atoms with E-state index in [-0.39, 0.29) is 27.3 Å². The molecule has 0 aliphatic rings. The minimum absolute atomic E-state index is 0. The van der Waals surface area contributed by atoms with Gasteiger partial charge in [0.2, 0.25) is 0 Å². The SMILES string of the molecule is O=[Se](O)O.O=[Se](O)O.[Pb]. The predicted molar refractivity (Wildman–Crippen MR) is 27.5 cm³/mol. The molecular weight excluding hydrogens is 461 g/mol. The Kier molecular flexibility index (Phi) is 22.6. The number of hydrogen-bond donors (Lipinski definition) is 4. The van der Waals surface area contributed by atoms with Crippen molar-refractivity contribution in [2.24, 2.45) is 0 Å². The molecule has 6 nitrogen and oxygen atoms in total. The van der Waals surface area contributed by atoms with E-state index in [0.717, 1.165) is 0 Å². The van der Waals surface area contributed by atoms with E-state index in [0.29, 0.717) is 0 Å². The van der Waals surface area contributed by atoms with Crippen molar-refractivity contribution in [2.75, 3.05) is 0 Å². The molecule has 4 N–H and O–H groups in total. The molecule has 0 fully saturated rings. The summed E-state index contributed by atoms with van der Waals surface area (Å²) >= 11 is -6.58. The van der Waals surface area contributed by atoms with Gasteiger partial charge in [0, 0.05) is 27.3 Å². The van der Waals surface area contributed by atoms with Crippen LogP contribution in [0.1, 0.15) is 0 Å². The molecule has 0 bridgehead atoms. The van der Waals surface area contributed by atoms with Gasteiger partial charge < -0.3 is 0 Å². The molecule has 0 unspecified atom stereocenters. The van der Waals surface area contributed by atoms with Crippen LogP contribution in [0.25, 0.3) is 0 Å². The maximum atomic E-state index is 8.76. The summed E-state index contributed by atoms with van der Waals surface area (Å²) in [6, 6.07) is 0. The zero-order valence-electron chi connectivity index (χ0n) is 3.92. The van der Waals surface area contributed by atoms with Gasteiger partial charge in [-0.25, -0.2) is 0 Å². The molecule has 0 spiro atoms. The van der Waals surface area contributed by atoms with Crippen molar-refractivity contribution in [3.05, 3.63) is 0 Å². The van der Waals surface area contributed by atoms with Gasteiger partial charge >= 0.3 is 53.4 Å².